The van der Waals surface area contributed by atoms with Crippen molar-refractivity contribution < 1.29 is 5.32 Å². The summed E-state index contributed by atoms with van der Waals surface area (Å²) >= 11 is 0. The molecule has 0 amide bonds. The first-order valence-corrected chi connectivity index (χ1v) is 5.90. The third-order valence-corrected chi connectivity index (χ3v) is 2.34. The first kappa shape index (κ1) is 14.8. The zero-order chi connectivity index (χ0) is 11.4. The van der Waals surface area contributed by atoms with E-state index in [0.717, 1.165) is 52.4 Å². The molecule has 15 heavy (non-hydrogen) atoms. The van der Waals surface area contributed by atoms with Crippen LogP contribution in [-0.2, 0) is 0 Å². The van der Waals surface area contributed by atoms with E-state index in [-0.39, 0.29) is 0 Å². The molecule has 5 heteroatoms. The lowest BCUT2D eigenvalue weighted by atomic mass is 10.4. The Kier molecular flexibility index (Phi) is 11.7. The summed E-state index contributed by atoms with van der Waals surface area (Å²) in [7, 11) is 4.07. The largest absolute Gasteiger partial charge is 0.348 e. The summed E-state index contributed by atoms with van der Waals surface area (Å²) in [5.41, 5.74) is 5.57. The van der Waals surface area contributed by atoms with Crippen LogP contribution in [0.25, 0.3) is 0 Å². The van der Waals surface area contributed by atoms with Crippen molar-refractivity contribution >= 4 is 0 Å². The lowest BCUT2D eigenvalue weighted by Crippen LogP contribution is -2.81. The predicted molar refractivity (Wildman–Crippen MR) is 65.0 cm³/mol. The molecule has 0 saturated heterocycles. The molecule has 0 radical (unpaired) electrons. The fraction of sp³-hybridized carbons (Fsp3) is 1.00. The van der Waals surface area contributed by atoms with Crippen molar-refractivity contribution in [3.8, 4) is 0 Å². The van der Waals surface area contributed by atoms with Crippen LogP contribution in [0, 0.1) is 0 Å². The maximum atomic E-state index is 5.57. The minimum atomic E-state index is 0.750. The number of hydrogen-bond donors (Lipinski definition) is 4. The van der Waals surface area contributed by atoms with Crippen LogP contribution in [-0.4, -0.2) is 71.4 Å². The van der Waals surface area contributed by atoms with E-state index >= 15 is 0 Å². The smallest absolute Gasteiger partial charge is 0.0882 e. The maximum Gasteiger partial charge on any atom is 0.0882 e. The zero-order valence-electron chi connectivity index (χ0n) is 10.3. The summed E-state index contributed by atoms with van der Waals surface area (Å²) in [6.45, 7) is 8.23. The van der Waals surface area contributed by atoms with Gasteiger partial charge in [-0.1, -0.05) is 0 Å². The molecule has 0 bridgehead atoms. The lowest BCUT2D eigenvalue weighted by Gasteiger charge is -2.20. The first-order chi connectivity index (χ1) is 7.35. The van der Waals surface area contributed by atoms with Crippen LogP contribution in [0.4, 0.5) is 0 Å². The molecule has 0 rings (SSSR count). The molecule has 0 spiro atoms. The number of nitrogens with zero attached hydrogens (tertiary/aromatic N) is 1. The highest BCUT2D eigenvalue weighted by Crippen LogP contribution is 1.83. The molecule has 0 heterocycles. The second-order valence-corrected chi connectivity index (χ2v) is 3.68. The van der Waals surface area contributed by atoms with E-state index in [0.29, 0.717) is 0 Å². The summed E-state index contributed by atoms with van der Waals surface area (Å²) in [4.78, 5) is 2.41. The van der Waals surface area contributed by atoms with Crippen molar-refractivity contribution in [3.05, 3.63) is 0 Å². The monoisotopic (exact) mass is 218 g/mol. The second kappa shape index (κ2) is 11.9. The number of quaternary nitrogens is 1. The maximum absolute atomic E-state index is 5.57. The Balaban J connectivity index is 3.38. The minimum absolute atomic E-state index is 0.750. The van der Waals surface area contributed by atoms with E-state index in [1.165, 1.54) is 0 Å². The third-order valence-electron chi connectivity index (χ3n) is 2.34. The van der Waals surface area contributed by atoms with Gasteiger partial charge in [0.05, 0.1) is 13.6 Å². The van der Waals surface area contributed by atoms with Gasteiger partial charge in [0, 0.05) is 45.8 Å². The molecule has 0 saturated carbocycles. The Labute approximate surface area is 93.8 Å². The van der Waals surface area contributed by atoms with E-state index in [4.69, 9.17) is 5.73 Å². The van der Waals surface area contributed by atoms with Gasteiger partial charge in [0.15, 0.2) is 0 Å². The molecule has 0 aliphatic rings. The van der Waals surface area contributed by atoms with Gasteiger partial charge in [-0.25, -0.2) is 0 Å². The number of nitrogens with one attached hydrogen (secondary N) is 2. The normalized spacial score (nSPS) is 11.2. The molecule has 0 fully saturated rings. The van der Waals surface area contributed by atoms with Gasteiger partial charge in [0.1, 0.15) is 0 Å². The van der Waals surface area contributed by atoms with Crippen molar-refractivity contribution in [2.45, 2.75) is 0 Å². The fourth-order valence-electron chi connectivity index (χ4n) is 1.41. The first-order valence-electron chi connectivity index (χ1n) is 5.90. The molecule has 6 N–H and O–H groups in total. The molecule has 0 aliphatic carbocycles. The highest BCUT2D eigenvalue weighted by atomic mass is 15.2. The zero-order valence-corrected chi connectivity index (χ0v) is 10.3. The summed E-state index contributed by atoms with van der Waals surface area (Å²) in [5.74, 6) is 0. The van der Waals surface area contributed by atoms with E-state index < -0.39 is 0 Å². The molecule has 92 valence electrons. The Morgan fingerprint density at radius 3 is 2.53 bits per heavy atom. The highest BCUT2D eigenvalue weighted by Gasteiger charge is 2.02. The molecule has 0 aromatic heterocycles. The van der Waals surface area contributed by atoms with Crippen molar-refractivity contribution in [3.63, 3.8) is 0 Å². The summed E-state index contributed by atoms with van der Waals surface area (Å²) in [6.07, 6.45) is 0. The van der Waals surface area contributed by atoms with E-state index in [1.54, 1.807) is 0 Å². The van der Waals surface area contributed by atoms with Crippen molar-refractivity contribution in [2.75, 3.05) is 66.5 Å². The number of hydrogen-bond acceptors (Lipinski definition) is 4. The molecule has 5 nitrogen and oxygen atoms in total. The van der Waals surface area contributed by atoms with Crippen LogP contribution in [0.1, 0.15) is 0 Å². The van der Waals surface area contributed by atoms with E-state index in [1.807, 2.05) is 7.05 Å². The molecule has 0 aliphatic heterocycles. The fourth-order valence-corrected chi connectivity index (χ4v) is 1.41. The van der Waals surface area contributed by atoms with Gasteiger partial charge >= 0.3 is 0 Å². The summed E-state index contributed by atoms with van der Waals surface area (Å²) < 4.78 is 0. The third kappa shape index (κ3) is 10.1. The van der Waals surface area contributed by atoms with Crippen LogP contribution in [0.5, 0.6) is 0 Å². The Hall–Kier alpha value is -0.200. The topological polar surface area (TPSA) is 69.9 Å². The number of rotatable bonds is 11. The summed E-state index contributed by atoms with van der Waals surface area (Å²) in [5, 5.41) is 8.72. The van der Waals surface area contributed by atoms with Crippen molar-refractivity contribution in [1.29, 1.82) is 0 Å². The Morgan fingerprint density at radius 2 is 1.93 bits per heavy atom. The van der Waals surface area contributed by atoms with Crippen LogP contribution >= 0.6 is 0 Å². The van der Waals surface area contributed by atoms with Gasteiger partial charge in [0.2, 0.25) is 0 Å². The van der Waals surface area contributed by atoms with Gasteiger partial charge in [-0.3, -0.25) is 4.90 Å². The molecule has 0 aromatic rings. The Morgan fingerprint density at radius 1 is 1.13 bits per heavy atom. The lowest BCUT2D eigenvalue weighted by molar-refractivity contribution is -0.626. The van der Waals surface area contributed by atoms with Gasteiger partial charge in [0.25, 0.3) is 0 Å². The van der Waals surface area contributed by atoms with E-state index in [2.05, 4.69) is 27.9 Å². The SMILES string of the molecule is CNCCNCCN(CCN)CC[NH2+]C. The number of nitrogens with two attached hydrogens (primary N) is 2. The molecule has 0 aromatic carbocycles. The van der Waals surface area contributed by atoms with Crippen molar-refractivity contribution in [2.24, 2.45) is 5.73 Å². The average molecular weight is 218 g/mol. The van der Waals surface area contributed by atoms with Crippen LogP contribution in [0.3, 0.4) is 0 Å². The molecular weight excluding hydrogens is 190 g/mol. The molecule has 0 atom stereocenters. The quantitative estimate of drug-likeness (QED) is 0.284. The molecular formula is C10H28N5+. The molecule has 0 unspecified atom stereocenters. The summed E-state index contributed by atoms with van der Waals surface area (Å²) in [6, 6.07) is 0. The van der Waals surface area contributed by atoms with Crippen LogP contribution in [0.15, 0.2) is 0 Å². The average Bonchev–Trinajstić information content (AvgIpc) is 2.25. The number of likely N-dealkylation sites (N-methyl/N-ethyl adjacent to an activating group) is 2. The van der Waals surface area contributed by atoms with Gasteiger partial charge < -0.3 is 21.7 Å². The van der Waals surface area contributed by atoms with E-state index in [9.17, 15) is 0 Å². The van der Waals surface area contributed by atoms with Gasteiger partial charge in [-0.2, -0.15) is 0 Å². The second-order valence-electron chi connectivity index (χ2n) is 3.68. The predicted octanol–water partition coefficient (Wildman–Crippen LogP) is -2.75. The Bertz CT molecular complexity index is 120. The van der Waals surface area contributed by atoms with Gasteiger partial charge in [-0.05, 0) is 7.05 Å². The van der Waals surface area contributed by atoms with Crippen molar-refractivity contribution in [1.82, 2.24) is 15.5 Å². The highest BCUT2D eigenvalue weighted by molar-refractivity contribution is 4.60. The van der Waals surface area contributed by atoms with Crippen LogP contribution < -0.4 is 21.7 Å². The van der Waals surface area contributed by atoms with Gasteiger partial charge in [-0.15, -0.1) is 0 Å². The van der Waals surface area contributed by atoms with Crippen LogP contribution in [0.2, 0.25) is 0 Å². The standard InChI is InChI=1S/C10H27N5/c1-12-4-5-14-7-10-15(8-3-11)9-6-13-2/h12-14H,3-11H2,1-2H3/p+1. The minimum Gasteiger partial charge on any atom is -0.348 e.